The molecule has 3 rings (SSSR count). The van der Waals surface area contributed by atoms with E-state index in [-0.39, 0.29) is 35.5 Å². The number of aromatic nitrogens is 3. The van der Waals surface area contributed by atoms with Crippen molar-refractivity contribution in [2.45, 2.75) is 33.1 Å². The fourth-order valence-electron chi connectivity index (χ4n) is 3.09. The number of carbonyl (C=O) groups excluding carboxylic acids is 1. The molecule has 0 spiro atoms. The minimum Gasteiger partial charge on any atom is -0.335 e. The minimum atomic E-state index is -0.398. The molecule has 1 fully saturated rings. The van der Waals surface area contributed by atoms with E-state index in [1.807, 2.05) is 13.8 Å². The smallest absolute Gasteiger partial charge is 0.293 e. The van der Waals surface area contributed by atoms with Crippen molar-refractivity contribution in [2.75, 3.05) is 19.6 Å². The standard InChI is InChI=1S/C18H24FN5O.ClH/c1-12(2)16-21-15(17(25)23-9-8-18(3,10-20)11-23)22-24(16)14-7-5-4-6-13(14)19;/h4-7,12H,8-11,20H2,1-3H3;1H. The van der Waals surface area contributed by atoms with E-state index in [0.717, 1.165) is 6.42 Å². The Morgan fingerprint density at radius 1 is 1.38 bits per heavy atom. The lowest BCUT2D eigenvalue weighted by atomic mass is 9.90. The molecule has 2 heterocycles. The second-order valence-corrected chi connectivity index (χ2v) is 7.30. The molecule has 0 radical (unpaired) electrons. The molecule has 1 atom stereocenters. The number of halogens is 2. The molecule has 8 heteroatoms. The molecule has 2 aromatic rings. The lowest BCUT2D eigenvalue weighted by Crippen LogP contribution is -2.35. The first kappa shape index (κ1) is 20.3. The molecule has 0 saturated carbocycles. The van der Waals surface area contributed by atoms with E-state index in [0.29, 0.717) is 31.1 Å². The summed E-state index contributed by atoms with van der Waals surface area (Å²) in [5.74, 6) is 0.0448. The van der Waals surface area contributed by atoms with E-state index in [2.05, 4.69) is 17.0 Å². The van der Waals surface area contributed by atoms with Gasteiger partial charge in [0.2, 0.25) is 5.82 Å². The van der Waals surface area contributed by atoms with Gasteiger partial charge in [-0.3, -0.25) is 4.79 Å². The van der Waals surface area contributed by atoms with Crippen LogP contribution in [0.1, 0.15) is 49.6 Å². The average molecular weight is 382 g/mol. The number of rotatable bonds is 4. The SMILES string of the molecule is CC(C)c1nc(C(=O)N2CCC(C)(CN)C2)nn1-c1ccccc1F.Cl. The highest BCUT2D eigenvalue weighted by atomic mass is 35.5. The Morgan fingerprint density at radius 2 is 2.08 bits per heavy atom. The quantitative estimate of drug-likeness (QED) is 0.883. The van der Waals surface area contributed by atoms with Crippen LogP contribution < -0.4 is 5.73 Å². The zero-order valence-electron chi connectivity index (χ0n) is 15.3. The van der Waals surface area contributed by atoms with Gasteiger partial charge in [-0.2, -0.15) is 0 Å². The number of hydrogen-bond donors (Lipinski definition) is 1. The lowest BCUT2D eigenvalue weighted by Gasteiger charge is -2.21. The van der Waals surface area contributed by atoms with Gasteiger partial charge in [-0.1, -0.05) is 32.9 Å². The van der Waals surface area contributed by atoms with Crippen LogP contribution in [0, 0.1) is 11.2 Å². The van der Waals surface area contributed by atoms with Crippen molar-refractivity contribution in [3.63, 3.8) is 0 Å². The normalized spacial score (nSPS) is 19.7. The van der Waals surface area contributed by atoms with Crippen LogP contribution in [0.3, 0.4) is 0 Å². The number of amides is 1. The van der Waals surface area contributed by atoms with Crippen molar-refractivity contribution in [3.8, 4) is 5.69 Å². The molecule has 26 heavy (non-hydrogen) atoms. The zero-order valence-corrected chi connectivity index (χ0v) is 16.1. The van der Waals surface area contributed by atoms with Crippen LogP contribution in [0.15, 0.2) is 24.3 Å². The van der Waals surface area contributed by atoms with Crippen LogP contribution in [0.4, 0.5) is 4.39 Å². The Labute approximate surface area is 159 Å². The highest BCUT2D eigenvalue weighted by molar-refractivity contribution is 5.90. The summed E-state index contributed by atoms with van der Waals surface area (Å²) >= 11 is 0. The maximum atomic E-state index is 14.2. The monoisotopic (exact) mass is 381 g/mol. The summed E-state index contributed by atoms with van der Waals surface area (Å²) in [5, 5.41) is 4.32. The molecule has 142 valence electrons. The van der Waals surface area contributed by atoms with E-state index >= 15 is 0 Å². The van der Waals surface area contributed by atoms with Gasteiger partial charge >= 0.3 is 0 Å². The van der Waals surface area contributed by atoms with Crippen LogP contribution >= 0.6 is 12.4 Å². The van der Waals surface area contributed by atoms with E-state index in [1.165, 1.54) is 10.7 Å². The van der Waals surface area contributed by atoms with Crippen molar-refractivity contribution in [2.24, 2.45) is 11.1 Å². The van der Waals surface area contributed by atoms with Crippen molar-refractivity contribution < 1.29 is 9.18 Å². The summed E-state index contributed by atoms with van der Waals surface area (Å²) in [6.07, 6.45) is 0.861. The fraction of sp³-hybridized carbons (Fsp3) is 0.500. The largest absolute Gasteiger partial charge is 0.335 e. The summed E-state index contributed by atoms with van der Waals surface area (Å²) in [6, 6.07) is 6.36. The van der Waals surface area contributed by atoms with Crippen molar-refractivity contribution in [3.05, 3.63) is 41.7 Å². The van der Waals surface area contributed by atoms with Gasteiger partial charge in [0.1, 0.15) is 17.3 Å². The van der Waals surface area contributed by atoms with Gasteiger partial charge in [0, 0.05) is 19.0 Å². The third-order valence-electron chi connectivity index (χ3n) is 4.76. The predicted molar refractivity (Wildman–Crippen MR) is 100 cm³/mol. The minimum absolute atomic E-state index is 0. The lowest BCUT2D eigenvalue weighted by molar-refractivity contribution is 0.0764. The van der Waals surface area contributed by atoms with Gasteiger partial charge in [0.05, 0.1) is 0 Å². The van der Waals surface area contributed by atoms with Crippen molar-refractivity contribution in [1.29, 1.82) is 0 Å². The molecule has 1 aromatic heterocycles. The van der Waals surface area contributed by atoms with Gasteiger partial charge in [-0.05, 0) is 30.5 Å². The van der Waals surface area contributed by atoms with E-state index in [9.17, 15) is 9.18 Å². The third-order valence-corrected chi connectivity index (χ3v) is 4.76. The van der Waals surface area contributed by atoms with Gasteiger partial charge in [-0.25, -0.2) is 14.1 Å². The topological polar surface area (TPSA) is 77.0 Å². The van der Waals surface area contributed by atoms with E-state index < -0.39 is 5.82 Å². The van der Waals surface area contributed by atoms with Crippen molar-refractivity contribution >= 4 is 18.3 Å². The van der Waals surface area contributed by atoms with Gasteiger partial charge in [-0.15, -0.1) is 17.5 Å². The summed E-state index contributed by atoms with van der Waals surface area (Å²) in [6.45, 7) is 7.72. The number of likely N-dealkylation sites (tertiary alicyclic amines) is 1. The summed E-state index contributed by atoms with van der Waals surface area (Å²) in [4.78, 5) is 19.0. The second kappa shape index (κ2) is 7.72. The van der Waals surface area contributed by atoms with Crippen LogP contribution in [-0.4, -0.2) is 45.2 Å². The highest BCUT2D eigenvalue weighted by Gasteiger charge is 2.36. The molecular weight excluding hydrogens is 357 g/mol. The molecule has 2 N–H and O–H groups in total. The number of hydrogen-bond acceptors (Lipinski definition) is 4. The Bertz CT molecular complexity index is 794. The molecule has 1 aliphatic rings. The molecule has 1 aromatic carbocycles. The van der Waals surface area contributed by atoms with E-state index in [4.69, 9.17) is 5.73 Å². The summed E-state index contributed by atoms with van der Waals surface area (Å²) in [7, 11) is 0. The highest BCUT2D eigenvalue weighted by Crippen LogP contribution is 2.29. The first-order valence-corrected chi connectivity index (χ1v) is 8.56. The molecule has 1 aliphatic heterocycles. The Hall–Kier alpha value is -1.99. The number of nitrogens with two attached hydrogens (primary N) is 1. The van der Waals surface area contributed by atoms with Gasteiger partial charge in [0.15, 0.2) is 0 Å². The van der Waals surface area contributed by atoms with E-state index in [1.54, 1.807) is 23.1 Å². The summed E-state index contributed by atoms with van der Waals surface area (Å²) < 4.78 is 15.6. The molecule has 1 unspecified atom stereocenters. The molecule has 0 bridgehead atoms. The van der Waals surface area contributed by atoms with Gasteiger partial charge < -0.3 is 10.6 Å². The molecule has 1 amide bonds. The number of carbonyl (C=O) groups is 1. The maximum Gasteiger partial charge on any atom is 0.293 e. The number of benzene rings is 1. The molecule has 1 saturated heterocycles. The second-order valence-electron chi connectivity index (χ2n) is 7.30. The van der Waals surface area contributed by atoms with Crippen LogP contribution in [0.25, 0.3) is 5.69 Å². The Morgan fingerprint density at radius 3 is 2.65 bits per heavy atom. The molecular formula is C18H25ClFN5O. The van der Waals surface area contributed by atoms with Crippen LogP contribution in [0.2, 0.25) is 0 Å². The molecule has 6 nitrogen and oxygen atoms in total. The third kappa shape index (κ3) is 3.73. The molecule has 0 aliphatic carbocycles. The van der Waals surface area contributed by atoms with Crippen LogP contribution in [-0.2, 0) is 0 Å². The summed E-state index contributed by atoms with van der Waals surface area (Å²) in [5.41, 5.74) is 6.05. The predicted octanol–water partition coefficient (Wildman–Crippen LogP) is 2.76. The zero-order chi connectivity index (χ0) is 18.2. The number of nitrogens with zero attached hydrogens (tertiary/aromatic N) is 4. The Balaban J connectivity index is 0.00000243. The average Bonchev–Trinajstić information content (AvgIpc) is 3.20. The van der Waals surface area contributed by atoms with Gasteiger partial charge in [0.25, 0.3) is 5.91 Å². The first-order valence-electron chi connectivity index (χ1n) is 8.56. The fourth-order valence-corrected chi connectivity index (χ4v) is 3.09. The number of para-hydroxylation sites is 1. The van der Waals surface area contributed by atoms with Crippen molar-refractivity contribution in [1.82, 2.24) is 19.7 Å². The van der Waals surface area contributed by atoms with Crippen LogP contribution in [0.5, 0.6) is 0 Å². The first-order chi connectivity index (χ1) is 11.8. The maximum absolute atomic E-state index is 14.2. The Kier molecular flexibility index (Phi) is 6.03.